The van der Waals surface area contributed by atoms with Crippen LogP contribution in [0.4, 0.5) is 10.5 Å². The summed E-state index contributed by atoms with van der Waals surface area (Å²) >= 11 is 12.1. The van der Waals surface area contributed by atoms with Gasteiger partial charge in [-0.05, 0) is 19.1 Å². The van der Waals surface area contributed by atoms with E-state index in [-0.39, 0.29) is 18.5 Å². The van der Waals surface area contributed by atoms with Gasteiger partial charge in [-0.25, -0.2) is 4.79 Å². The molecule has 1 aliphatic heterocycles. The normalized spacial score (nSPS) is 15.3. The average molecular weight is 360 g/mol. The van der Waals surface area contributed by atoms with E-state index in [1.54, 1.807) is 30.0 Å². The summed E-state index contributed by atoms with van der Waals surface area (Å²) in [5.74, 6) is -0.190. The lowest BCUT2D eigenvalue weighted by Gasteiger charge is -2.33. The van der Waals surface area contributed by atoms with Gasteiger partial charge in [-0.2, -0.15) is 0 Å². The van der Waals surface area contributed by atoms with Crippen molar-refractivity contribution in [3.63, 3.8) is 0 Å². The molecule has 6 nitrogen and oxygen atoms in total. The zero-order valence-corrected chi connectivity index (χ0v) is 14.4. The summed E-state index contributed by atoms with van der Waals surface area (Å²) in [5, 5.41) is 3.53. The molecule has 2 amide bonds. The van der Waals surface area contributed by atoms with Crippen molar-refractivity contribution in [3.05, 3.63) is 28.2 Å². The molecule has 2 rings (SSSR count). The Kier molecular flexibility index (Phi) is 6.50. The van der Waals surface area contributed by atoms with Gasteiger partial charge in [0.15, 0.2) is 0 Å². The zero-order chi connectivity index (χ0) is 16.8. The molecule has 0 saturated carbocycles. The number of ether oxygens (including phenoxy) is 1. The monoisotopic (exact) mass is 359 g/mol. The number of nitrogens with zero attached hydrogens (tertiary/aromatic N) is 2. The number of para-hydroxylation sites is 1. The maximum atomic E-state index is 12.1. The summed E-state index contributed by atoms with van der Waals surface area (Å²) in [6.07, 6.45) is -0.306. The van der Waals surface area contributed by atoms with E-state index in [4.69, 9.17) is 27.9 Å². The van der Waals surface area contributed by atoms with Crippen LogP contribution in [0.15, 0.2) is 18.2 Å². The van der Waals surface area contributed by atoms with Gasteiger partial charge in [0.2, 0.25) is 5.91 Å². The smallest absolute Gasteiger partial charge is 0.409 e. The number of carbonyl (C=O) groups is 2. The largest absolute Gasteiger partial charge is 0.450 e. The van der Waals surface area contributed by atoms with Gasteiger partial charge >= 0.3 is 6.09 Å². The standard InChI is InChI=1S/C15H19Cl2N3O3/c1-2-23-15(22)20-8-6-19(7-9-20)10-13(21)18-14-11(16)4-3-5-12(14)17/h3-5H,2,6-10H2,1H3,(H,18,21). The lowest BCUT2D eigenvalue weighted by molar-refractivity contribution is -0.117. The van der Waals surface area contributed by atoms with Crippen LogP contribution in [0, 0.1) is 0 Å². The van der Waals surface area contributed by atoms with E-state index in [9.17, 15) is 9.59 Å². The lowest BCUT2D eigenvalue weighted by atomic mass is 10.3. The fourth-order valence-electron chi connectivity index (χ4n) is 2.30. The van der Waals surface area contributed by atoms with Crippen LogP contribution in [0.1, 0.15) is 6.92 Å². The van der Waals surface area contributed by atoms with Crippen molar-refractivity contribution in [2.45, 2.75) is 6.92 Å². The van der Waals surface area contributed by atoms with Crippen molar-refractivity contribution < 1.29 is 14.3 Å². The first-order valence-corrected chi connectivity index (χ1v) is 8.14. The van der Waals surface area contributed by atoms with Crippen molar-refractivity contribution >= 4 is 40.9 Å². The highest BCUT2D eigenvalue weighted by atomic mass is 35.5. The summed E-state index contributed by atoms with van der Waals surface area (Å²) in [6, 6.07) is 5.05. The molecular formula is C15H19Cl2N3O3. The number of nitrogens with one attached hydrogen (secondary N) is 1. The fraction of sp³-hybridized carbons (Fsp3) is 0.467. The molecule has 126 valence electrons. The molecule has 0 aliphatic carbocycles. The predicted molar refractivity (Wildman–Crippen MR) is 90.1 cm³/mol. The molecule has 1 aliphatic rings. The minimum Gasteiger partial charge on any atom is -0.450 e. The fourth-order valence-corrected chi connectivity index (χ4v) is 2.79. The van der Waals surface area contributed by atoms with Gasteiger partial charge in [-0.3, -0.25) is 9.69 Å². The highest BCUT2D eigenvalue weighted by Crippen LogP contribution is 2.29. The molecule has 1 aromatic carbocycles. The van der Waals surface area contributed by atoms with E-state index in [1.165, 1.54) is 0 Å². The number of hydrogen-bond acceptors (Lipinski definition) is 4. The molecule has 23 heavy (non-hydrogen) atoms. The Labute approximate surface area is 145 Å². The van der Waals surface area contributed by atoms with E-state index in [0.29, 0.717) is 48.5 Å². The lowest BCUT2D eigenvalue weighted by Crippen LogP contribution is -2.50. The zero-order valence-electron chi connectivity index (χ0n) is 12.8. The number of carbonyl (C=O) groups excluding carboxylic acids is 2. The molecule has 0 spiro atoms. The summed E-state index contributed by atoms with van der Waals surface area (Å²) in [6.45, 7) is 4.67. The van der Waals surface area contributed by atoms with E-state index in [0.717, 1.165) is 0 Å². The molecule has 8 heteroatoms. The van der Waals surface area contributed by atoms with Gasteiger partial charge in [-0.1, -0.05) is 29.3 Å². The first-order valence-electron chi connectivity index (χ1n) is 7.39. The van der Waals surface area contributed by atoms with Gasteiger partial charge in [0.05, 0.1) is 28.9 Å². The van der Waals surface area contributed by atoms with Gasteiger partial charge in [-0.15, -0.1) is 0 Å². The SMILES string of the molecule is CCOC(=O)N1CCN(CC(=O)Nc2c(Cl)cccc2Cl)CC1. The van der Waals surface area contributed by atoms with Gasteiger partial charge in [0.25, 0.3) is 0 Å². The van der Waals surface area contributed by atoms with Crippen LogP contribution in [0.2, 0.25) is 10.0 Å². The van der Waals surface area contributed by atoms with Crippen LogP contribution in [-0.4, -0.2) is 61.1 Å². The number of halogens is 2. The highest BCUT2D eigenvalue weighted by molar-refractivity contribution is 6.39. The third kappa shape index (κ3) is 4.99. The third-order valence-corrected chi connectivity index (χ3v) is 4.12. The molecular weight excluding hydrogens is 341 g/mol. The number of anilines is 1. The van der Waals surface area contributed by atoms with Crippen molar-refractivity contribution in [1.82, 2.24) is 9.80 Å². The minimum atomic E-state index is -0.306. The Morgan fingerprint density at radius 3 is 2.35 bits per heavy atom. The van der Waals surface area contributed by atoms with Crippen molar-refractivity contribution in [3.8, 4) is 0 Å². The van der Waals surface area contributed by atoms with Crippen molar-refractivity contribution in [2.24, 2.45) is 0 Å². The molecule has 1 heterocycles. The number of rotatable bonds is 4. The Morgan fingerprint density at radius 2 is 1.78 bits per heavy atom. The third-order valence-electron chi connectivity index (χ3n) is 3.49. The second-order valence-electron chi connectivity index (χ2n) is 5.11. The average Bonchev–Trinajstić information content (AvgIpc) is 2.52. The van der Waals surface area contributed by atoms with Crippen LogP contribution in [0.5, 0.6) is 0 Å². The Morgan fingerprint density at radius 1 is 1.17 bits per heavy atom. The number of piperazine rings is 1. The number of hydrogen-bond donors (Lipinski definition) is 1. The highest BCUT2D eigenvalue weighted by Gasteiger charge is 2.23. The molecule has 1 aromatic rings. The molecule has 1 fully saturated rings. The van der Waals surface area contributed by atoms with E-state index < -0.39 is 0 Å². The van der Waals surface area contributed by atoms with Crippen LogP contribution in [0.3, 0.4) is 0 Å². The second-order valence-corrected chi connectivity index (χ2v) is 5.92. The van der Waals surface area contributed by atoms with E-state index >= 15 is 0 Å². The topological polar surface area (TPSA) is 61.9 Å². The van der Waals surface area contributed by atoms with E-state index in [1.807, 2.05) is 4.90 Å². The van der Waals surface area contributed by atoms with Crippen LogP contribution < -0.4 is 5.32 Å². The van der Waals surface area contributed by atoms with Gasteiger partial charge in [0, 0.05) is 26.2 Å². The summed E-state index contributed by atoms with van der Waals surface area (Å²) in [4.78, 5) is 27.4. The Hall–Kier alpha value is -1.50. The number of amides is 2. The molecule has 1 N–H and O–H groups in total. The van der Waals surface area contributed by atoms with Crippen LogP contribution in [-0.2, 0) is 9.53 Å². The molecule has 0 aromatic heterocycles. The Bertz CT molecular complexity index is 555. The Balaban J connectivity index is 1.82. The van der Waals surface area contributed by atoms with Crippen LogP contribution >= 0.6 is 23.2 Å². The molecule has 0 unspecified atom stereocenters. The van der Waals surface area contributed by atoms with Crippen molar-refractivity contribution in [1.29, 1.82) is 0 Å². The second kappa shape index (κ2) is 8.38. The maximum Gasteiger partial charge on any atom is 0.409 e. The van der Waals surface area contributed by atoms with Crippen LogP contribution in [0.25, 0.3) is 0 Å². The maximum absolute atomic E-state index is 12.1. The first-order chi connectivity index (χ1) is 11.0. The molecule has 1 saturated heterocycles. The quantitative estimate of drug-likeness (QED) is 0.897. The predicted octanol–water partition coefficient (Wildman–Crippen LogP) is 2.71. The summed E-state index contributed by atoms with van der Waals surface area (Å²) < 4.78 is 4.96. The van der Waals surface area contributed by atoms with E-state index in [2.05, 4.69) is 5.32 Å². The summed E-state index contributed by atoms with van der Waals surface area (Å²) in [5.41, 5.74) is 0.422. The molecule has 0 atom stereocenters. The summed E-state index contributed by atoms with van der Waals surface area (Å²) in [7, 11) is 0. The van der Waals surface area contributed by atoms with Gasteiger partial charge < -0.3 is 15.0 Å². The first kappa shape index (κ1) is 17.8. The molecule has 0 radical (unpaired) electrons. The molecule has 0 bridgehead atoms. The number of benzene rings is 1. The van der Waals surface area contributed by atoms with Crippen molar-refractivity contribution in [2.75, 3.05) is 44.6 Å². The minimum absolute atomic E-state index is 0.190. The van der Waals surface area contributed by atoms with Gasteiger partial charge in [0.1, 0.15) is 0 Å².